The second-order valence-corrected chi connectivity index (χ2v) is 7.04. The summed E-state index contributed by atoms with van der Waals surface area (Å²) >= 11 is 0. The minimum atomic E-state index is -0.776. The van der Waals surface area contributed by atoms with E-state index in [2.05, 4.69) is 41.2 Å². The molecule has 0 aliphatic carbocycles. The molecule has 0 bridgehead atoms. The molecule has 2 aromatic carbocycles. The Balaban J connectivity index is 1.65. The number of rotatable bonds is 9. The molecule has 0 radical (unpaired) electrons. The summed E-state index contributed by atoms with van der Waals surface area (Å²) in [5.74, 6) is -0.0519. The van der Waals surface area contributed by atoms with Crippen molar-refractivity contribution in [3.05, 3.63) is 72.1 Å². The third kappa shape index (κ3) is 5.49. The number of carbonyl (C=O) groups is 1. The van der Waals surface area contributed by atoms with Crippen molar-refractivity contribution in [1.29, 1.82) is 0 Å². The lowest BCUT2D eigenvalue weighted by molar-refractivity contribution is -0.136. The first-order valence-electron chi connectivity index (χ1n) is 9.88. The highest BCUT2D eigenvalue weighted by Crippen LogP contribution is 2.22. The van der Waals surface area contributed by atoms with Gasteiger partial charge >= 0.3 is 5.97 Å². The Kier molecular flexibility index (Phi) is 6.90. The van der Waals surface area contributed by atoms with Gasteiger partial charge in [0.1, 0.15) is 0 Å². The molecule has 1 aromatic heterocycles. The lowest BCUT2D eigenvalue weighted by Crippen LogP contribution is -1.97. The van der Waals surface area contributed by atoms with Gasteiger partial charge in [0.25, 0.3) is 0 Å². The molecule has 28 heavy (non-hydrogen) atoms. The van der Waals surface area contributed by atoms with Gasteiger partial charge in [-0.1, -0.05) is 68.3 Å². The van der Waals surface area contributed by atoms with E-state index in [1.807, 2.05) is 36.7 Å². The van der Waals surface area contributed by atoms with Gasteiger partial charge in [0.15, 0.2) is 5.82 Å². The number of nitrogens with zero attached hydrogens (tertiary/aromatic N) is 2. The van der Waals surface area contributed by atoms with Gasteiger partial charge in [-0.25, -0.2) is 9.97 Å². The van der Waals surface area contributed by atoms with Gasteiger partial charge in [-0.15, -0.1) is 0 Å². The maximum Gasteiger partial charge on any atom is 0.303 e. The van der Waals surface area contributed by atoms with Crippen LogP contribution in [0, 0.1) is 0 Å². The van der Waals surface area contributed by atoms with Gasteiger partial charge in [-0.05, 0) is 36.0 Å². The smallest absolute Gasteiger partial charge is 0.303 e. The number of aromatic nitrogens is 2. The van der Waals surface area contributed by atoms with Crippen molar-refractivity contribution < 1.29 is 9.90 Å². The predicted molar refractivity (Wildman–Crippen MR) is 112 cm³/mol. The molecule has 3 rings (SSSR count). The van der Waals surface area contributed by atoms with Gasteiger partial charge in [-0.3, -0.25) is 4.79 Å². The molecule has 4 heteroatoms. The van der Waals surface area contributed by atoms with Gasteiger partial charge < -0.3 is 5.11 Å². The highest BCUT2D eigenvalue weighted by Gasteiger charge is 2.05. The summed E-state index contributed by atoms with van der Waals surface area (Å²) in [6, 6.07) is 16.4. The van der Waals surface area contributed by atoms with Crippen molar-refractivity contribution in [1.82, 2.24) is 9.97 Å². The first-order chi connectivity index (χ1) is 13.7. The fourth-order valence-corrected chi connectivity index (χ4v) is 3.14. The standard InChI is InChI=1S/C24H26N2O2/c1-2-3-4-5-18-8-13-21(14-9-18)24-25-16-22(17-26-24)20-11-6-19(7-12-20)10-15-23(27)28/h6-9,11-14,16-17H,2-5,10,15H2,1H3,(H,27,28). The van der Waals surface area contributed by atoms with Crippen LogP contribution in [0.2, 0.25) is 0 Å². The predicted octanol–water partition coefficient (Wildman–Crippen LogP) is 5.56. The summed E-state index contributed by atoms with van der Waals surface area (Å²) in [6.45, 7) is 2.22. The van der Waals surface area contributed by atoms with Gasteiger partial charge in [-0.2, -0.15) is 0 Å². The lowest BCUT2D eigenvalue weighted by Gasteiger charge is -2.06. The van der Waals surface area contributed by atoms with Crippen LogP contribution in [0.5, 0.6) is 0 Å². The molecule has 0 amide bonds. The number of carboxylic acids is 1. The number of aryl methyl sites for hydroxylation is 2. The fraction of sp³-hybridized carbons (Fsp3) is 0.292. The van der Waals surface area contributed by atoms with E-state index >= 15 is 0 Å². The largest absolute Gasteiger partial charge is 0.481 e. The molecule has 0 aliphatic rings. The maximum atomic E-state index is 10.7. The second-order valence-electron chi connectivity index (χ2n) is 7.04. The zero-order chi connectivity index (χ0) is 19.8. The molecule has 1 heterocycles. The van der Waals surface area contributed by atoms with Crippen LogP contribution in [0.25, 0.3) is 22.5 Å². The Bertz CT molecular complexity index is 885. The highest BCUT2D eigenvalue weighted by molar-refractivity contribution is 5.67. The van der Waals surface area contributed by atoms with Crippen molar-refractivity contribution in [3.63, 3.8) is 0 Å². The van der Waals surface area contributed by atoms with E-state index in [-0.39, 0.29) is 6.42 Å². The highest BCUT2D eigenvalue weighted by atomic mass is 16.4. The van der Waals surface area contributed by atoms with E-state index in [1.54, 1.807) is 0 Å². The fourth-order valence-electron chi connectivity index (χ4n) is 3.14. The summed E-state index contributed by atoms with van der Waals surface area (Å²) in [7, 11) is 0. The minimum Gasteiger partial charge on any atom is -0.481 e. The molecule has 4 nitrogen and oxygen atoms in total. The van der Waals surface area contributed by atoms with E-state index in [0.717, 1.165) is 34.5 Å². The molecule has 0 spiro atoms. The van der Waals surface area contributed by atoms with Gasteiger partial charge in [0.05, 0.1) is 0 Å². The molecular formula is C24H26N2O2. The minimum absolute atomic E-state index is 0.147. The average molecular weight is 374 g/mol. The van der Waals surface area contributed by atoms with Crippen LogP contribution in [0.3, 0.4) is 0 Å². The molecule has 0 aliphatic heterocycles. The molecule has 144 valence electrons. The van der Waals surface area contributed by atoms with Crippen molar-refractivity contribution in [2.45, 2.75) is 45.4 Å². The summed E-state index contributed by atoms with van der Waals surface area (Å²) in [5.41, 5.74) is 5.37. The Morgan fingerprint density at radius 1 is 0.786 bits per heavy atom. The molecule has 0 saturated heterocycles. The van der Waals surface area contributed by atoms with Crippen LogP contribution < -0.4 is 0 Å². The lowest BCUT2D eigenvalue weighted by atomic mass is 10.0. The Morgan fingerprint density at radius 2 is 1.36 bits per heavy atom. The Morgan fingerprint density at radius 3 is 1.93 bits per heavy atom. The zero-order valence-electron chi connectivity index (χ0n) is 16.3. The number of benzene rings is 2. The molecule has 0 fully saturated rings. The van der Waals surface area contributed by atoms with Crippen LogP contribution in [0.4, 0.5) is 0 Å². The third-order valence-electron chi connectivity index (χ3n) is 4.85. The number of hydrogen-bond donors (Lipinski definition) is 1. The van der Waals surface area contributed by atoms with Crippen LogP contribution in [-0.4, -0.2) is 21.0 Å². The van der Waals surface area contributed by atoms with Crippen molar-refractivity contribution in [2.75, 3.05) is 0 Å². The summed E-state index contributed by atoms with van der Waals surface area (Å²) in [4.78, 5) is 19.7. The number of carboxylic acid groups (broad SMARTS) is 1. The van der Waals surface area contributed by atoms with E-state index in [0.29, 0.717) is 6.42 Å². The molecule has 0 unspecified atom stereocenters. The second kappa shape index (κ2) is 9.79. The number of unbranched alkanes of at least 4 members (excludes halogenated alkanes) is 2. The van der Waals surface area contributed by atoms with Gasteiger partial charge in [0.2, 0.25) is 0 Å². The summed E-state index contributed by atoms with van der Waals surface area (Å²) < 4.78 is 0. The topological polar surface area (TPSA) is 63.1 Å². The summed E-state index contributed by atoms with van der Waals surface area (Å²) in [5, 5.41) is 8.77. The molecule has 1 N–H and O–H groups in total. The van der Waals surface area contributed by atoms with E-state index in [4.69, 9.17) is 5.11 Å². The maximum absolute atomic E-state index is 10.7. The van der Waals surface area contributed by atoms with E-state index < -0.39 is 5.97 Å². The van der Waals surface area contributed by atoms with E-state index in [9.17, 15) is 4.79 Å². The van der Waals surface area contributed by atoms with Crippen LogP contribution in [0.1, 0.15) is 43.7 Å². The third-order valence-corrected chi connectivity index (χ3v) is 4.85. The monoisotopic (exact) mass is 374 g/mol. The number of aliphatic carboxylic acids is 1. The van der Waals surface area contributed by atoms with Crippen molar-refractivity contribution in [3.8, 4) is 22.5 Å². The Labute approximate surface area is 166 Å². The van der Waals surface area contributed by atoms with Crippen molar-refractivity contribution >= 4 is 5.97 Å². The van der Waals surface area contributed by atoms with Crippen LogP contribution in [-0.2, 0) is 17.6 Å². The first-order valence-corrected chi connectivity index (χ1v) is 9.88. The quantitative estimate of drug-likeness (QED) is 0.498. The number of hydrogen-bond acceptors (Lipinski definition) is 3. The molecule has 0 atom stereocenters. The summed E-state index contributed by atoms with van der Waals surface area (Å²) in [6.07, 6.45) is 9.23. The normalized spacial score (nSPS) is 10.8. The zero-order valence-corrected chi connectivity index (χ0v) is 16.3. The van der Waals surface area contributed by atoms with Crippen molar-refractivity contribution in [2.24, 2.45) is 0 Å². The first kappa shape index (κ1) is 19.7. The SMILES string of the molecule is CCCCCc1ccc(-c2ncc(-c3ccc(CCC(=O)O)cc3)cn2)cc1. The van der Waals surface area contributed by atoms with E-state index in [1.165, 1.54) is 24.8 Å². The molecule has 3 aromatic rings. The van der Waals surface area contributed by atoms with Gasteiger partial charge in [0, 0.05) is 29.9 Å². The molecular weight excluding hydrogens is 348 g/mol. The Hall–Kier alpha value is -3.01. The average Bonchev–Trinajstić information content (AvgIpc) is 2.73. The van der Waals surface area contributed by atoms with Crippen LogP contribution >= 0.6 is 0 Å². The molecule has 0 saturated carbocycles. The van der Waals surface area contributed by atoms with Crippen LogP contribution in [0.15, 0.2) is 60.9 Å².